The van der Waals surface area contributed by atoms with Gasteiger partial charge in [-0.3, -0.25) is 4.90 Å². The van der Waals surface area contributed by atoms with Gasteiger partial charge in [-0.25, -0.2) is 0 Å². The maximum absolute atomic E-state index is 13.4. The maximum atomic E-state index is 13.4. The second kappa shape index (κ2) is 19.2. The van der Waals surface area contributed by atoms with Crippen LogP contribution in [0.3, 0.4) is 0 Å². The first-order valence-electron chi connectivity index (χ1n) is 18.3. The summed E-state index contributed by atoms with van der Waals surface area (Å²) >= 11 is 6.84. The number of piperazine rings is 1. The number of hydrogen-bond acceptors (Lipinski definition) is 9. The Hall–Kier alpha value is -4.32. The van der Waals surface area contributed by atoms with Crippen molar-refractivity contribution in [2.24, 2.45) is 0 Å². The average Bonchev–Trinajstić information content (AvgIpc) is 3.20. The summed E-state index contributed by atoms with van der Waals surface area (Å²) in [5, 5.41) is 17.3. The molecule has 0 saturated carbocycles. The van der Waals surface area contributed by atoms with E-state index in [2.05, 4.69) is 49.5 Å². The molecule has 6 rings (SSSR count). The summed E-state index contributed by atoms with van der Waals surface area (Å²) in [7, 11) is -4.41. The summed E-state index contributed by atoms with van der Waals surface area (Å²) in [6.07, 6.45) is 0.843. The van der Waals surface area contributed by atoms with E-state index in [1.165, 1.54) is 23.3 Å². The van der Waals surface area contributed by atoms with Crippen LogP contribution in [0, 0.1) is 10.1 Å². The molecule has 292 valence electrons. The number of nitro benzene ring substituents is 1. The number of carbonyl (C=O) groups is 1. The molecule has 14 heteroatoms. The van der Waals surface area contributed by atoms with Gasteiger partial charge in [0, 0.05) is 43.4 Å². The number of carbonyl (C=O) groups excluding carboxylic acids is 1. The van der Waals surface area contributed by atoms with Crippen molar-refractivity contribution >= 4 is 71.0 Å². The molecule has 1 fully saturated rings. The number of hydrogen-bond donors (Lipinski definition) is 2. The Balaban J connectivity index is 1.06. The molecule has 0 radical (unpaired) electrons. The van der Waals surface area contributed by atoms with Crippen molar-refractivity contribution < 1.29 is 18.1 Å². The van der Waals surface area contributed by atoms with Crippen LogP contribution in [0.2, 0.25) is 21.7 Å². The van der Waals surface area contributed by atoms with E-state index in [0.29, 0.717) is 10.8 Å². The van der Waals surface area contributed by atoms with Gasteiger partial charge in [-0.15, -0.1) is 0 Å². The van der Waals surface area contributed by atoms with Gasteiger partial charge in [0.1, 0.15) is 0 Å². The summed E-state index contributed by atoms with van der Waals surface area (Å²) in [4.78, 5) is 30.2. The molecule has 0 spiro atoms. The van der Waals surface area contributed by atoms with E-state index < -0.39 is 35.5 Å². The Kier molecular flexibility index (Phi) is 14.2. The predicted molar refractivity (Wildman–Crippen MR) is 230 cm³/mol. The molecule has 10 nitrogen and oxygen atoms in total. The van der Waals surface area contributed by atoms with E-state index in [-0.39, 0.29) is 27.9 Å². The van der Waals surface area contributed by atoms with Crippen molar-refractivity contribution in [3.63, 3.8) is 0 Å². The first-order valence-corrected chi connectivity index (χ1v) is 26.2. The third kappa shape index (κ3) is 11.2. The second-order valence-corrected chi connectivity index (χ2v) is 22.6. The standard InChI is InChI=1S/C42H45AsClN5O5S2/c1-43(2)23-22-35(30-55-37-9-4-3-5-10-37)45-40-21-20-38(28-41(40)49(51)52)56(53,54)46-42(50)32-14-18-36(19-15-32)48-26-24-47(25-27-48)29-33-8-6-7-11-39(33)31-12-16-34(44)17-13-31/h3-21,28,35,45H,22-27,29-30H2,1-2H3,(H,46,50)/t35-/m1/s1. The van der Waals surface area contributed by atoms with E-state index in [9.17, 15) is 23.3 Å². The van der Waals surface area contributed by atoms with Gasteiger partial charge in [0.05, 0.1) is 0 Å². The molecule has 1 amide bonds. The normalized spacial score (nSPS) is 14.0. The van der Waals surface area contributed by atoms with E-state index >= 15 is 0 Å². The number of nitro groups is 1. The number of anilines is 2. The zero-order chi connectivity index (χ0) is 39.7. The topological polar surface area (TPSA) is 125 Å². The van der Waals surface area contributed by atoms with Crippen LogP contribution in [0.5, 0.6) is 0 Å². The molecule has 1 heterocycles. The van der Waals surface area contributed by atoms with E-state index in [4.69, 9.17) is 11.6 Å². The molecule has 1 atom stereocenters. The van der Waals surface area contributed by atoms with Crippen LogP contribution >= 0.6 is 23.4 Å². The van der Waals surface area contributed by atoms with Gasteiger partial charge in [-0.05, 0) is 53.1 Å². The van der Waals surface area contributed by atoms with Gasteiger partial charge in [0.2, 0.25) is 0 Å². The zero-order valence-electron chi connectivity index (χ0n) is 31.3. The number of halogens is 1. The fraction of sp³-hybridized carbons (Fsp3) is 0.262. The number of benzene rings is 5. The summed E-state index contributed by atoms with van der Waals surface area (Å²) in [6, 6.07) is 36.7. The minimum absolute atomic E-state index is 0.0621. The van der Waals surface area contributed by atoms with Crippen LogP contribution in [-0.4, -0.2) is 76.8 Å². The summed E-state index contributed by atoms with van der Waals surface area (Å²) in [5.74, 6) is -0.128. The molecule has 5 aromatic rings. The van der Waals surface area contributed by atoms with Crippen molar-refractivity contribution in [1.82, 2.24) is 9.62 Å². The van der Waals surface area contributed by atoms with E-state index in [0.717, 1.165) is 66.6 Å². The van der Waals surface area contributed by atoms with Crippen molar-refractivity contribution in [1.29, 1.82) is 0 Å². The molecule has 56 heavy (non-hydrogen) atoms. The molecule has 2 N–H and O–H groups in total. The third-order valence-corrected chi connectivity index (χ3v) is 14.8. The number of sulfonamides is 1. The van der Waals surface area contributed by atoms with Gasteiger partial charge >= 0.3 is 191 Å². The summed E-state index contributed by atoms with van der Waals surface area (Å²) in [5.41, 5.74) is 9.07. The van der Waals surface area contributed by atoms with Crippen molar-refractivity contribution in [3.8, 4) is 11.1 Å². The van der Waals surface area contributed by atoms with Crippen LogP contribution in [0.25, 0.3) is 11.1 Å². The van der Waals surface area contributed by atoms with E-state index in [1.807, 2.05) is 72.8 Å². The van der Waals surface area contributed by atoms with Crippen LogP contribution < -0.4 is 14.9 Å². The van der Waals surface area contributed by atoms with Gasteiger partial charge in [-0.1, -0.05) is 48.0 Å². The quantitative estimate of drug-likeness (QED) is 0.0433. The molecule has 1 aliphatic heterocycles. The van der Waals surface area contributed by atoms with Crippen LogP contribution in [0.4, 0.5) is 17.1 Å². The Morgan fingerprint density at radius 1 is 0.893 bits per heavy atom. The Bertz CT molecular complexity index is 2220. The monoisotopic (exact) mass is 873 g/mol. The number of amides is 1. The van der Waals surface area contributed by atoms with Gasteiger partial charge in [0.25, 0.3) is 0 Å². The van der Waals surface area contributed by atoms with Crippen molar-refractivity contribution in [2.45, 2.75) is 45.4 Å². The van der Waals surface area contributed by atoms with Gasteiger partial charge in [-0.2, -0.15) is 0 Å². The molecule has 1 aliphatic rings. The van der Waals surface area contributed by atoms with Crippen LogP contribution in [0.15, 0.2) is 131 Å². The molecule has 0 unspecified atom stereocenters. The average molecular weight is 874 g/mol. The number of rotatable bonds is 16. The number of nitrogens with one attached hydrogen (secondary N) is 2. The van der Waals surface area contributed by atoms with Gasteiger partial charge in [0.15, 0.2) is 0 Å². The predicted octanol–water partition coefficient (Wildman–Crippen LogP) is 9.07. The number of thioether (sulfide) groups is 1. The first-order chi connectivity index (χ1) is 26.9. The van der Waals surface area contributed by atoms with Gasteiger partial charge < -0.3 is 4.90 Å². The SMILES string of the molecule is C[As](C)CC[C@H](CSc1ccccc1)Nc1ccc(S(=O)(=O)NC(=O)c2ccc(N3CCN(Cc4ccccc4-c4ccc(Cl)cc4)CC3)cc2)cc1[N+](=O)[O-]. The fourth-order valence-electron chi connectivity index (χ4n) is 6.53. The third-order valence-electron chi connectivity index (χ3n) is 9.62. The molecule has 0 aromatic heterocycles. The molecule has 5 aromatic carbocycles. The summed E-state index contributed by atoms with van der Waals surface area (Å²) in [6.45, 7) is 4.10. The van der Waals surface area contributed by atoms with Crippen molar-refractivity contribution in [2.75, 3.05) is 42.1 Å². The van der Waals surface area contributed by atoms with Crippen LogP contribution in [-0.2, 0) is 16.6 Å². The molecule has 0 bridgehead atoms. The molecule has 0 aliphatic carbocycles. The first kappa shape index (κ1) is 41.3. The molecular formula is C42H45AsClN5O5S2. The number of nitrogens with zero attached hydrogens (tertiary/aromatic N) is 3. The fourth-order valence-corrected chi connectivity index (χ4v) is 10.4. The Morgan fingerprint density at radius 3 is 2.25 bits per heavy atom. The second-order valence-electron chi connectivity index (χ2n) is 13.9. The minimum atomic E-state index is -4.41. The van der Waals surface area contributed by atoms with Crippen molar-refractivity contribution in [3.05, 3.63) is 148 Å². The Morgan fingerprint density at radius 2 is 1.57 bits per heavy atom. The molecular weight excluding hydrogens is 829 g/mol. The Labute approximate surface area is 343 Å². The molecule has 1 saturated heterocycles. The summed E-state index contributed by atoms with van der Waals surface area (Å²) < 4.78 is 28.8. The van der Waals surface area contributed by atoms with Crippen LogP contribution in [0.1, 0.15) is 22.3 Å². The zero-order valence-corrected chi connectivity index (χ0v) is 35.6. The van der Waals surface area contributed by atoms with E-state index in [1.54, 1.807) is 23.9 Å².